The fourth-order valence-corrected chi connectivity index (χ4v) is 0. The molecule has 11 heavy (non-hydrogen) atoms. The zero-order valence-corrected chi connectivity index (χ0v) is 5.63. The Balaban J connectivity index is -0.0000000339. The highest BCUT2D eigenvalue weighted by atomic mass is 16.9. The lowest BCUT2D eigenvalue weighted by Gasteiger charge is -1.74. The fourth-order valence-electron chi connectivity index (χ4n) is 0. The Hall–Kier alpha value is -1.72. The number of nitrogens with two attached hydrogens (primary N) is 1. The molecule has 0 unspecified atom stereocenters. The van der Waals surface area contributed by atoms with Gasteiger partial charge in [0.25, 0.3) is 0 Å². The third-order valence-electron chi connectivity index (χ3n) is 0. The minimum atomic E-state index is -1.75. The van der Waals surface area contributed by atoms with Crippen LogP contribution in [-0.2, 0) is 0 Å². The summed E-state index contributed by atoms with van der Waals surface area (Å²) in [6.45, 7) is 0. The van der Waals surface area contributed by atoms with Crippen molar-refractivity contribution in [2.24, 2.45) is 5.84 Å². The average Bonchev–Trinajstić information content (AvgIpc) is 1.66. The Kier molecular flexibility index (Phi) is 49.7. The monoisotopic (exact) mass is 175 g/mol. The lowest BCUT2D eigenvalue weighted by Crippen LogP contribution is -2.59. The van der Waals surface area contributed by atoms with Crippen LogP contribution in [0.2, 0.25) is 0 Å². The van der Waals surface area contributed by atoms with Crippen LogP contribution >= 0.6 is 0 Å². The van der Waals surface area contributed by atoms with Gasteiger partial charge in [-0.05, 0) is 0 Å². The molecule has 0 rings (SSSR count). The van der Waals surface area contributed by atoms with Gasteiger partial charge in [-0.2, -0.15) is 5.84 Å². The van der Waals surface area contributed by atoms with Crippen LogP contribution in [-0.4, -0.2) is 10.2 Å². The van der Waals surface area contributed by atoms with Crippen LogP contribution < -0.4 is 17.8 Å². The van der Waals surface area contributed by atoms with Gasteiger partial charge in [0, 0.05) is 0 Å². The summed E-state index contributed by atoms with van der Waals surface area (Å²) >= 11 is 0. The van der Waals surface area contributed by atoms with E-state index in [0.29, 0.717) is 0 Å². The lowest BCUT2D eigenvalue weighted by atomic mass is 13.0. The van der Waals surface area contributed by atoms with E-state index in [2.05, 4.69) is 11.7 Å². The van der Waals surface area contributed by atoms with E-state index in [1.165, 1.54) is 0 Å². The number of nitrogens with zero attached hydrogens (tertiary/aromatic N) is 2. The standard InChI is InChI=1S/H4N2.2NO3.H3N/c1-2;2*2-1(3)4;/h1-2H2;;;1H3/q;2*-1;/p+2. The molecule has 0 saturated carbocycles. The largest absolute Gasteiger partial charge is 0.369 e. The molecule has 0 atom stereocenters. The van der Waals surface area contributed by atoms with Crippen molar-refractivity contribution in [3.8, 4) is 0 Å². The Morgan fingerprint density at radius 2 is 0.909 bits per heavy atom. The van der Waals surface area contributed by atoms with Gasteiger partial charge < -0.3 is 36.8 Å². The molecular weight excluding hydrogens is 166 g/mol. The number of hydrogen-bond donors (Lipinski definition) is 3. The molecule has 11 nitrogen and oxygen atoms in total. The third kappa shape index (κ3) is 110. The van der Waals surface area contributed by atoms with Gasteiger partial charge in [-0.25, -0.2) is 0 Å². The van der Waals surface area contributed by atoms with Gasteiger partial charge in [-0.15, -0.1) is 0 Å². The summed E-state index contributed by atoms with van der Waals surface area (Å²) < 4.78 is 0. The van der Waals surface area contributed by atoms with Gasteiger partial charge in [0.2, 0.25) is 0 Å². The van der Waals surface area contributed by atoms with Gasteiger partial charge in [0.1, 0.15) is 0 Å². The van der Waals surface area contributed by atoms with E-state index in [-0.39, 0.29) is 6.15 Å². The van der Waals surface area contributed by atoms with Gasteiger partial charge >= 0.3 is 0 Å². The van der Waals surface area contributed by atoms with Crippen LogP contribution in [0, 0.1) is 30.6 Å². The summed E-state index contributed by atoms with van der Waals surface area (Å²) in [5.74, 6) is 7.00. The fraction of sp³-hybridized carbons (Fsp3) is 0. The molecule has 70 valence electrons. The van der Waals surface area contributed by atoms with E-state index in [1.54, 1.807) is 0 Å². The van der Waals surface area contributed by atoms with Gasteiger partial charge in [0.05, 0.1) is 10.2 Å². The van der Waals surface area contributed by atoms with Crippen molar-refractivity contribution in [1.82, 2.24) is 6.15 Å². The summed E-state index contributed by atoms with van der Waals surface area (Å²) in [5.41, 5.74) is 0. The molecule has 9 N–H and O–H groups in total. The van der Waals surface area contributed by atoms with E-state index in [1.807, 2.05) is 0 Å². The van der Waals surface area contributed by atoms with Crippen molar-refractivity contribution >= 4 is 0 Å². The van der Waals surface area contributed by atoms with Crippen LogP contribution in [0.4, 0.5) is 0 Å². The molecule has 0 aromatic carbocycles. The normalized spacial score (nSPS) is 4.91. The molecule has 0 amide bonds. The molecule has 0 bridgehead atoms. The van der Waals surface area contributed by atoms with Crippen molar-refractivity contribution in [3.05, 3.63) is 30.6 Å². The zero-order chi connectivity index (χ0) is 9.15. The molecule has 0 spiro atoms. The highest BCUT2D eigenvalue weighted by molar-refractivity contribution is 4.04. The first-order valence-corrected chi connectivity index (χ1v) is 1.50. The van der Waals surface area contributed by atoms with Gasteiger partial charge in [-0.1, -0.05) is 0 Å². The van der Waals surface area contributed by atoms with Crippen molar-refractivity contribution in [2.75, 3.05) is 0 Å². The van der Waals surface area contributed by atoms with Gasteiger partial charge in [0.15, 0.2) is 0 Å². The molecule has 0 aliphatic heterocycles. The molecule has 0 saturated heterocycles. The smallest absolute Gasteiger partial charge is 0.0689 e. The summed E-state index contributed by atoms with van der Waals surface area (Å²) in [4.78, 5) is 16.5. The van der Waals surface area contributed by atoms with E-state index in [0.717, 1.165) is 0 Å². The Labute approximate surface area is 60.0 Å². The summed E-state index contributed by atoms with van der Waals surface area (Å²) in [5, 5.41) is 29.5. The Morgan fingerprint density at radius 3 is 0.909 bits per heavy atom. The Morgan fingerprint density at radius 1 is 0.909 bits per heavy atom. The van der Waals surface area contributed by atoms with Crippen LogP contribution in [0.5, 0.6) is 0 Å². The second-order valence-corrected chi connectivity index (χ2v) is 0.447. The maximum atomic E-state index is 8.25. The van der Waals surface area contributed by atoms with Crippen LogP contribution in [0.15, 0.2) is 0 Å². The van der Waals surface area contributed by atoms with Crippen molar-refractivity contribution in [2.45, 2.75) is 0 Å². The first-order chi connectivity index (χ1) is 4.46. The molecular formula is H9N5O6. The molecule has 0 aromatic rings. The molecule has 11 heteroatoms. The minimum absolute atomic E-state index is 0. The summed E-state index contributed by atoms with van der Waals surface area (Å²) in [6.07, 6.45) is 0. The number of quaternary nitrogens is 2. The zero-order valence-electron chi connectivity index (χ0n) is 5.63. The molecule has 0 aromatic heterocycles. The van der Waals surface area contributed by atoms with Crippen molar-refractivity contribution < 1.29 is 16.0 Å². The van der Waals surface area contributed by atoms with Crippen molar-refractivity contribution in [3.63, 3.8) is 0 Å². The van der Waals surface area contributed by atoms with Gasteiger partial charge in [-0.3, -0.25) is 5.84 Å². The molecule has 0 heterocycles. The summed E-state index contributed by atoms with van der Waals surface area (Å²) in [7, 11) is 0. The second kappa shape index (κ2) is 24.0. The van der Waals surface area contributed by atoms with E-state index >= 15 is 0 Å². The highest BCUT2D eigenvalue weighted by Crippen LogP contribution is 1.44. The highest BCUT2D eigenvalue weighted by Gasteiger charge is 1.46. The van der Waals surface area contributed by atoms with Crippen LogP contribution in [0.3, 0.4) is 0 Å². The topological polar surface area (TPSA) is 223 Å². The lowest BCUT2D eigenvalue weighted by molar-refractivity contribution is -0.403. The summed E-state index contributed by atoms with van der Waals surface area (Å²) in [6, 6.07) is 0. The Bertz CT molecular complexity index is 69.0. The maximum Gasteiger partial charge on any atom is 0.0689 e. The predicted molar refractivity (Wildman–Crippen MR) is 33.8 cm³/mol. The minimum Gasteiger partial charge on any atom is -0.369 e. The van der Waals surface area contributed by atoms with E-state index in [4.69, 9.17) is 30.6 Å². The molecule has 0 aliphatic rings. The van der Waals surface area contributed by atoms with Crippen LogP contribution in [0.25, 0.3) is 0 Å². The number of hydrogen-bond acceptors (Lipinski definition) is 7. The van der Waals surface area contributed by atoms with E-state index in [9.17, 15) is 0 Å². The predicted octanol–water partition coefficient (Wildman–Crippen LogP) is -2.00. The third-order valence-corrected chi connectivity index (χ3v) is 0. The second-order valence-electron chi connectivity index (χ2n) is 0.447. The van der Waals surface area contributed by atoms with Crippen LogP contribution in [0.1, 0.15) is 0 Å². The van der Waals surface area contributed by atoms with E-state index < -0.39 is 10.2 Å². The maximum absolute atomic E-state index is 8.25. The first-order valence-electron chi connectivity index (χ1n) is 1.50. The molecule has 0 aliphatic carbocycles. The first kappa shape index (κ1) is 22.8. The quantitative estimate of drug-likeness (QED) is 0.213. The molecule has 0 radical (unpaired) electrons. The van der Waals surface area contributed by atoms with Crippen molar-refractivity contribution in [1.29, 1.82) is 0 Å². The molecule has 0 fully saturated rings. The number of rotatable bonds is 0. The average molecular weight is 175 g/mol. The SMILES string of the molecule is N[NH3+].O=[N+]([O-])[O-].O=[N+]([O-])[O-].[NH4+].